The maximum atomic E-state index is 14.2. The Morgan fingerprint density at radius 2 is 1.91 bits per heavy atom. The Bertz CT molecular complexity index is 1140. The van der Waals surface area contributed by atoms with E-state index in [0.717, 1.165) is 15.3 Å². The zero-order valence-corrected chi connectivity index (χ0v) is 19.9. The van der Waals surface area contributed by atoms with Crippen LogP contribution >= 0.6 is 0 Å². The van der Waals surface area contributed by atoms with E-state index in [1.807, 2.05) is 12.1 Å². The standard InChI is InChI=1S/C24H24AsF4NO2/c1-22(2,18-12-16(26)11-15-8-10-32-21(15)18)13-23(31,24(27,28)29)14-25-19-6-3-7-20-17(19)5-4-9-30-20/h3-7,9,11-12,25,31H,8,10,13-14H2,1-2H3. The molecular formula is C24H24AsF4NO2. The number of aromatic nitrogens is 1. The first-order chi connectivity index (χ1) is 15.0. The van der Waals surface area contributed by atoms with Gasteiger partial charge in [-0.3, -0.25) is 0 Å². The normalized spacial score (nSPS) is 16.3. The van der Waals surface area contributed by atoms with Gasteiger partial charge in [0.05, 0.1) is 0 Å². The molecule has 170 valence electrons. The van der Waals surface area contributed by atoms with Crippen molar-refractivity contribution in [3.63, 3.8) is 0 Å². The van der Waals surface area contributed by atoms with Crippen molar-refractivity contribution in [2.45, 2.75) is 49.1 Å². The van der Waals surface area contributed by atoms with E-state index in [9.17, 15) is 22.7 Å². The van der Waals surface area contributed by atoms with Crippen molar-refractivity contribution in [3.05, 3.63) is 65.6 Å². The number of aliphatic hydroxyl groups is 1. The predicted octanol–water partition coefficient (Wildman–Crippen LogP) is 4.45. The molecule has 1 aliphatic heterocycles. The fraction of sp³-hybridized carbons (Fsp3) is 0.375. The van der Waals surface area contributed by atoms with Crippen LogP contribution in [0.15, 0.2) is 48.7 Å². The Morgan fingerprint density at radius 1 is 1.12 bits per heavy atom. The summed E-state index contributed by atoms with van der Waals surface area (Å²) >= 11 is -1.35. The Kier molecular flexibility index (Phi) is 6.01. The molecule has 0 aliphatic carbocycles. The van der Waals surface area contributed by atoms with Crippen LogP contribution in [0, 0.1) is 5.82 Å². The first-order valence-electron chi connectivity index (χ1n) is 10.3. The summed E-state index contributed by atoms with van der Waals surface area (Å²) in [7, 11) is 0. The van der Waals surface area contributed by atoms with E-state index < -0.39 is 50.4 Å². The summed E-state index contributed by atoms with van der Waals surface area (Å²) in [5, 5.41) is 11.4. The average Bonchev–Trinajstić information content (AvgIpc) is 3.18. The van der Waals surface area contributed by atoms with Crippen LogP contribution in [0.4, 0.5) is 17.6 Å². The minimum atomic E-state index is -4.83. The number of fused-ring (bicyclic) bond motifs is 2. The summed E-state index contributed by atoms with van der Waals surface area (Å²) in [5.41, 5.74) is -2.33. The molecule has 0 saturated heterocycles. The van der Waals surface area contributed by atoms with E-state index in [0.29, 0.717) is 29.9 Å². The van der Waals surface area contributed by atoms with E-state index in [2.05, 4.69) is 4.98 Å². The van der Waals surface area contributed by atoms with Gasteiger partial charge in [0, 0.05) is 0 Å². The van der Waals surface area contributed by atoms with Gasteiger partial charge in [-0.1, -0.05) is 0 Å². The Morgan fingerprint density at radius 3 is 2.66 bits per heavy atom. The van der Waals surface area contributed by atoms with Gasteiger partial charge in [0.25, 0.3) is 0 Å². The quantitative estimate of drug-likeness (QED) is 0.395. The van der Waals surface area contributed by atoms with Crippen molar-refractivity contribution < 1.29 is 27.4 Å². The van der Waals surface area contributed by atoms with Crippen LogP contribution < -0.4 is 9.09 Å². The zero-order valence-electron chi connectivity index (χ0n) is 17.8. The molecule has 2 unspecified atom stereocenters. The summed E-state index contributed by atoms with van der Waals surface area (Å²) < 4.78 is 63.1. The minimum absolute atomic E-state index is 0.363. The van der Waals surface area contributed by atoms with Crippen molar-refractivity contribution in [1.29, 1.82) is 0 Å². The van der Waals surface area contributed by atoms with Gasteiger partial charge in [0.1, 0.15) is 0 Å². The molecule has 1 N–H and O–H groups in total. The average molecular weight is 509 g/mol. The Labute approximate surface area is 190 Å². The van der Waals surface area contributed by atoms with Gasteiger partial charge in [0.2, 0.25) is 0 Å². The van der Waals surface area contributed by atoms with Crippen LogP contribution in [0.3, 0.4) is 0 Å². The number of hydrogen-bond acceptors (Lipinski definition) is 3. The number of ether oxygens (including phenoxy) is 1. The molecule has 8 heteroatoms. The molecule has 2 heterocycles. The summed E-state index contributed by atoms with van der Waals surface area (Å²) in [6.45, 7) is 3.57. The molecule has 32 heavy (non-hydrogen) atoms. The van der Waals surface area contributed by atoms with Crippen molar-refractivity contribution >= 4 is 31.0 Å². The van der Waals surface area contributed by atoms with Crippen molar-refractivity contribution in [2.24, 2.45) is 0 Å². The zero-order chi connectivity index (χ0) is 23.1. The second kappa shape index (κ2) is 8.35. The van der Waals surface area contributed by atoms with E-state index in [4.69, 9.17) is 4.74 Å². The third-order valence-corrected chi connectivity index (χ3v) is 9.27. The molecule has 2 aromatic carbocycles. The molecule has 4 rings (SSSR count). The number of alkyl halides is 3. The molecule has 1 aliphatic rings. The van der Waals surface area contributed by atoms with Gasteiger partial charge in [-0.15, -0.1) is 0 Å². The van der Waals surface area contributed by atoms with Gasteiger partial charge in [-0.25, -0.2) is 0 Å². The second-order valence-electron chi connectivity index (χ2n) is 8.86. The van der Waals surface area contributed by atoms with Crippen molar-refractivity contribution in [2.75, 3.05) is 6.61 Å². The van der Waals surface area contributed by atoms with Gasteiger partial charge in [-0.2, -0.15) is 0 Å². The predicted molar refractivity (Wildman–Crippen MR) is 118 cm³/mol. The molecule has 0 fully saturated rings. The van der Waals surface area contributed by atoms with Crippen LogP contribution in [0.2, 0.25) is 5.21 Å². The second-order valence-corrected chi connectivity index (χ2v) is 11.5. The monoisotopic (exact) mass is 509 g/mol. The topological polar surface area (TPSA) is 42.4 Å². The van der Waals surface area contributed by atoms with E-state index in [1.54, 1.807) is 38.2 Å². The molecular weight excluding hydrogens is 485 g/mol. The molecule has 1 aromatic heterocycles. The number of hydrogen-bond donors (Lipinski definition) is 1. The molecule has 0 spiro atoms. The number of rotatable bonds is 6. The fourth-order valence-electron chi connectivity index (χ4n) is 4.36. The van der Waals surface area contributed by atoms with Crippen LogP contribution in [-0.2, 0) is 11.8 Å². The van der Waals surface area contributed by atoms with Gasteiger partial charge >= 0.3 is 190 Å². The van der Waals surface area contributed by atoms with Gasteiger partial charge in [-0.05, 0) is 0 Å². The first-order valence-corrected chi connectivity index (χ1v) is 12.9. The maximum absolute atomic E-state index is 14.2. The van der Waals surface area contributed by atoms with Crippen LogP contribution in [-0.4, -0.2) is 44.2 Å². The van der Waals surface area contributed by atoms with Gasteiger partial charge < -0.3 is 0 Å². The fourth-order valence-corrected chi connectivity index (χ4v) is 7.35. The summed E-state index contributed by atoms with van der Waals surface area (Å²) in [5.74, 6) is -0.0679. The van der Waals surface area contributed by atoms with E-state index in [1.165, 1.54) is 12.1 Å². The molecule has 0 radical (unpaired) electrons. The Balaban J connectivity index is 1.65. The first kappa shape index (κ1) is 23.1. The van der Waals surface area contributed by atoms with E-state index >= 15 is 0 Å². The third kappa shape index (κ3) is 4.37. The van der Waals surface area contributed by atoms with Crippen LogP contribution in [0.25, 0.3) is 10.9 Å². The number of nitrogens with zero attached hydrogens (tertiary/aromatic N) is 1. The molecule has 0 amide bonds. The van der Waals surface area contributed by atoms with E-state index in [-0.39, 0.29) is 0 Å². The number of pyridine rings is 1. The summed E-state index contributed by atoms with van der Waals surface area (Å²) in [4.78, 5) is 4.26. The van der Waals surface area contributed by atoms with Crippen molar-refractivity contribution in [1.82, 2.24) is 4.98 Å². The Hall–Kier alpha value is -2.11. The number of halogens is 4. The molecule has 0 bridgehead atoms. The molecule has 3 nitrogen and oxygen atoms in total. The van der Waals surface area contributed by atoms with Gasteiger partial charge in [0.15, 0.2) is 0 Å². The molecule has 3 aromatic rings. The van der Waals surface area contributed by atoms with Crippen LogP contribution in [0.5, 0.6) is 5.75 Å². The van der Waals surface area contributed by atoms with Crippen molar-refractivity contribution in [3.8, 4) is 5.75 Å². The third-order valence-electron chi connectivity index (χ3n) is 5.96. The SMILES string of the molecule is CC(C)(CC(O)(C[AsH]c1cccc2ncccc12)C(F)(F)F)c1cc(F)cc2c1OCC2. The summed E-state index contributed by atoms with van der Waals surface area (Å²) in [6.07, 6.45) is -3.26. The summed E-state index contributed by atoms with van der Waals surface area (Å²) in [6, 6.07) is 11.6. The molecule has 2 atom stereocenters. The van der Waals surface area contributed by atoms with Crippen LogP contribution in [0.1, 0.15) is 31.4 Å². The number of benzene rings is 2. The molecule has 0 saturated carbocycles.